The highest BCUT2D eigenvalue weighted by molar-refractivity contribution is 7.92. The van der Waals surface area contributed by atoms with Crippen molar-refractivity contribution < 1.29 is 31.1 Å². The minimum atomic E-state index is -4.66. The zero-order chi connectivity index (χ0) is 29.1. The van der Waals surface area contributed by atoms with E-state index in [1.807, 2.05) is 0 Å². The lowest BCUT2D eigenvalue weighted by atomic mass is 9.82. The maximum Gasteiger partial charge on any atom is 0.419 e. The molecule has 1 saturated heterocycles. The molecule has 40 heavy (non-hydrogen) atoms. The Hall–Kier alpha value is -3.38. The average molecular weight is 577 g/mol. The minimum Gasteiger partial charge on any atom is -0.380 e. The standard InChI is InChI=1S/C28H31F3N4O4S/c1-27(17-39-18-27)12-11-24(36)21-7-4-6-19(14-21)15-25-33-16-22(28(29,30)31)23(34-25)10-9-20-8-5-13-32-26(20)35(2)40(3,37)38/h4-8,13-14,16H,9-12,15,17-18H2,1-3H3. The van der Waals surface area contributed by atoms with Crippen molar-refractivity contribution in [3.05, 3.63) is 82.6 Å². The first kappa shape index (κ1) is 29.6. The van der Waals surface area contributed by atoms with Crippen molar-refractivity contribution in [2.24, 2.45) is 5.41 Å². The summed E-state index contributed by atoms with van der Waals surface area (Å²) in [5, 5.41) is 0. The Morgan fingerprint density at radius 3 is 2.52 bits per heavy atom. The summed E-state index contributed by atoms with van der Waals surface area (Å²) in [6, 6.07) is 10.2. The summed E-state index contributed by atoms with van der Waals surface area (Å²) in [4.78, 5) is 25.1. The molecule has 8 nitrogen and oxygen atoms in total. The summed E-state index contributed by atoms with van der Waals surface area (Å²) in [5.41, 5.74) is 0.589. The lowest BCUT2D eigenvalue weighted by molar-refractivity contribution is -0.138. The van der Waals surface area contributed by atoms with Gasteiger partial charge in [0.15, 0.2) is 5.78 Å². The smallest absolute Gasteiger partial charge is 0.380 e. The van der Waals surface area contributed by atoms with Crippen LogP contribution in [0.5, 0.6) is 0 Å². The maximum atomic E-state index is 13.8. The van der Waals surface area contributed by atoms with Crippen LogP contribution in [-0.2, 0) is 40.2 Å². The molecule has 0 amide bonds. The highest BCUT2D eigenvalue weighted by atomic mass is 32.2. The quantitative estimate of drug-likeness (QED) is 0.306. The lowest BCUT2D eigenvalue weighted by Crippen LogP contribution is -2.39. The van der Waals surface area contributed by atoms with Crippen molar-refractivity contribution in [3.8, 4) is 0 Å². The minimum absolute atomic E-state index is 0.00432. The largest absolute Gasteiger partial charge is 0.419 e. The van der Waals surface area contributed by atoms with Gasteiger partial charge < -0.3 is 4.74 Å². The molecule has 0 N–H and O–H groups in total. The number of nitrogens with zero attached hydrogens (tertiary/aromatic N) is 4. The molecule has 1 aliphatic heterocycles. The fourth-order valence-electron chi connectivity index (χ4n) is 4.48. The number of Topliss-reactive ketones (excluding diaryl/α,β-unsaturated/α-hetero) is 1. The molecule has 12 heteroatoms. The summed E-state index contributed by atoms with van der Waals surface area (Å²) < 4.78 is 71.7. The first-order valence-corrected chi connectivity index (χ1v) is 14.6. The Morgan fingerprint density at radius 1 is 1.12 bits per heavy atom. The predicted molar refractivity (Wildman–Crippen MR) is 144 cm³/mol. The SMILES string of the molecule is CN(c1ncccc1CCc1nc(Cc2cccc(C(=O)CCC3(C)COC3)c2)ncc1C(F)(F)F)S(C)(=O)=O. The molecule has 0 radical (unpaired) electrons. The third kappa shape index (κ3) is 7.22. The third-order valence-corrected chi connectivity index (χ3v) is 8.15. The summed E-state index contributed by atoms with van der Waals surface area (Å²) in [7, 11) is -2.28. The number of halogens is 3. The molecule has 0 aliphatic carbocycles. The third-order valence-electron chi connectivity index (χ3n) is 6.99. The van der Waals surface area contributed by atoms with E-state index in [0.717, 1.165) is 23.2 Å². The van der Waals surface area contributed by atoms with Gasteiger partial charge >= 0.3 is 6.18 Å². The first-order valence-electron chi connectivity index (χ1n) is 12.7. The van der Waals surface area contributed by atoms with Gasteiger partial charge in [0.1, 0.15) is 11.6 Å². The molecule has 0 spiro atoms. The lowest BCUT2D eigenvalue weighted by Gasteiger charge is -2.37. The van der Waals surface area contributed by atoms with Gasteiger partial charge in [-0.2, -0.15) is 13.2 Å². The fraction of sp³-hybridized carbons (Fsp3) is 0.429. The van der Waals surface area contributed by atoms with Crippen LogP contribution in [0.15, 0.2) is 48.8 Å². The normalized spacial score (nSPS) is 14.9. The van der Waals surface area contributed by atoms with Gasteiger partial charge in [0, 0.05) is 43.3 Å². The molecule has 0 atom stereocenters. The molecule has 4 rings (SSSR count). The Bertz CT molecular complexity index is 1490. The first-order chi connectivity index (χ1) is 18.7. The Labute approximate surface area is 231 Å². The van der Waals surface area contributed by atoms with E-state index in [2.05, 4.69) is 21.9 Å². The number of alkyl halides is 3. The van der Waals surface area contributed by atoms with Gasteiger partial charge in [-0.15, -0.1) is 0 Å². The number of anilines is 1. The number of hydrogen-bond donors (Lipinski definition) is 0. The van der Waals surface area contributed by atoms with Crippen LogP contribution in [0.3, 0.4) is 0 Å². The predicted octanol–water partition coefficient (Wildman–Crippen LogP) is 4.66. The molecule has 3 heterocycles. The van der Waals surface area contributed by atoms with E-state index < -0.39 is 21.8 Å². The number of aromatic nitrogens is 3. The molecular weight excluding hydrogens is 545 g/mol. The molecule has 2 aromatic heterocycles. The Kier molecular flexibility index (Phi) is 8.60. The zero-order valence-corrected chi connectivity index (χ0v) is 23.3. The summed E-state index contributed by atoms with van der Waals surface area (Å²) >= 11 is 0. The molecule has 1 fully saturated rings. The van der Waals surface area contributed by atoms with E-state index in [4.69, 9.17) is 4.74 Å². The Balaban J connectivity index is 1.53. The van der Waals surface area contributed by atoms with Crippen LogP contribution in [0.2, 0.25) is 0 Å². The molecule has 1 aliphatic rings. The van der Waals surface area contributed by atoms with Crippen LogP contribution in [0.4, 0.5) is 19.0 Å². The van der Waals surface area contributed by atoms with Crippen molar-refractivity contribution in [2.45, 2.75) is 45.2 Å². The van der Waals surface area contributed by atoms with Crippen LogP contribution in [0.1, 0.15) is 58.3 Å². The van der Waals surface area contributed by atoms with Crippen molar-refractivity contribution in [1.29, 1.82) is 0 Å². The van der Waals surface area contributed by atoms with E-state index in [1.165, 1.54) is 13.2 Å². The van der Waals surface area contributed by atoms with Crippen LogP contribution >= 0.6 is 0 Å². The van der Waals surface area contributed by atoms with Crippen molar-refractivity contribution in [2.75, 3.05) is 30.8 Å². The zero-order valence-electron chi connectivity index (χ0n) is 22.5. The number of hydrogen-bond acceptors (Lipinski definition) is 7. The number of pyridine rings is 1. The van der Waals surface area contributed by atoms with Crippen molar-refractivity contribution in [3.63, 3.8) is 0 Å². The van der Waals surface area contributed by atoms with Crippen molar-refractivity contribution >= 4 is 21.6 Å². The van der Waals surface area contributed by atoms with Gasteiger partial charge in [0.25, 0.3) is 0 Å². The number of aryl methyl sites for hydroxylation is 2. The van der Waals surface area contributed by atoms with Gasteiger partial charge in [-0.25, -0.2) is 23.4 Å². The summed E-state index contributed by atoms with van der Waals surface area (Å²) in [5.74, 6) is 0.329. The van der Waals surface area contributed by atoms with Gasteiger partial charge in [0.2, 0.25) is 10.0 Å². The fourth-order valence-corrected chi connectivity index (χ4v) is 4.96. The van der Waals surface area contributed by atoms with E-state index in [9.17, 15) is 26.4 Å². The second-order valence-electron chi connectivity index (χ2n) is 10.5. The number of rotatable bonds is 11. The number of benzene rings is 1. The number of carbonyl (C=O) groups excluding carboxylic acids is 1. The molecule has 0 unspecified atom stereocenters. The van der Waals surface area contributed by atoms with E-state index in [0.29, 0.717) is 36.3 Å². The summed E-state index contributed by atoms with van der Waals surface area (Å²) in [6.07, 6.45) is -0.216. The van der Waals surface area contributed by atoms with E-state index in [-0.39, 0.29) is 47.8 Å². The number of ether oxygens (including phenoxy) is 1. The van der Waals surface area contributed by atoms with Crippen LogP contribution < -0.4 is 4.31 Å². The second kappa shape index (κ2) is 11.6. The average Bonchev–Trinajstić information content (AvgIpc) is 2.88. The Morgan fingerprint density at radius 2 is 1.88 bits per heavy atom. The number of carbonyl (C=O) groups is 1. The second-order valence-corrected chi connectivity index (χ2v) is 12.5. The summed E-state index contributed by atoms with van der Waals surface area (Å²) in [6.45, 7) is 3.37. The van der Waals surface area contributed by atoms with Crippen LogP contribution in [0, 0.1) is 5.41 Å². The molecule has 0 saturated carbocycles. The molecule has 1 aromatic carbocycles. The highest BCUT2D eigenvalue weighted by Crippen LogP contribution is 2.33. The topological polar surface area (TPSA) is 102 Å². The highest BCUT2D eigenvalue weighted by Gasteiger charge is 2.35. The number of ketones is 1. The van der Waals surface area contributed by atoms with Crippen LogP contribution in [-0.4, -0.2) is 55.7 Å². The van der Waals surface area contributed by atoms with E-state index >= 15 is 0 Å². The van der Waals surface area contributed by atoms with Gasteiger partial charge in [-0.3, -0.25) is 9.10 Å². The monoisotopic (exact) mass is 576 g/mol. The maximum absolute atomic E-state index is 13.8. The van der Waals surface area contributed by atoms with Crippen molar-refractivity contribution in [1.82, 2.24) is 15.0 Å². The molecule has 0 bridgehead atoms. The molecular formula is C28H31F3N4O4S. The van der Waals surface area contributed by atoms with Gasteiger partial charge in [0.05, 0.1) is 30.7 Å². The van der Waals surface area contributed by atoms with Gasteiger partial charge in [-0.1, -0.05) is 31.2 Å². The molecule has 214 valence electrons. The van der Waals surface area contributed by atoms with Gasteiger partial charge in [-0.05, 0) is 42.5 Å². The van der Waals surface area contributed by atoms with Crippen LogP contribution in [0.25, 0.3) is 0 Å². The number of sulfonamides is 1. The van der Waals surface area contributed by atoms with E-state index in [1.54, 1.807) is 36.4 Å². The molecule has 3 aromatic rings.